The number of esters is 1. The number of methoxy groups -OCH3 is 1. The number of nitrogens with two attached hydrogens (primary N) is 1. The molecule has 0 radical (unpaired) electrons. The van der Waals surface area contributed by atoms with Gasteiger partial charge in [-0.1, -0.05) is 0 Å². The van der Waals surface area contributed by atoms with E-state index in [4.69, 9.17) is 15.6 Å². The van der Waals surface area contributed by atoms with Crippen LogP contribution in [0.25, 0.3) is 0 Å². The maximum Gasteiger partial charge on any atom is 0.490 e. The molecule has 3 N–H and O–H groups in total. The Bertz CT molecular complexity index is 259. The van der Waals surface area contributed by atoms with Crippen LogP contribution in [0.1, 0.15) is 12.8 Å². The largest absolute Gasteiger partial charge is 0.490 e. The van der Waals surface area contributed by atoms with Gasteiger partial charge in [-0.3, -0.25) is 4.79 Å². The number of carboxylic acids is 1. The number of halogens is 3. The lowest BCUT2D eigenvalue weighted by molar-refractivity contribution is -0.192. The molecule has 0 spiro atoms. The minimum absolute atomic E-state index is 0.280. The van der Waals surface area contributed by atoms with Crippen LogP contribution in [0.5, 0.6) is 0 Å². The molecular formula is C7H10F3NO4. The first-order valence-corrected chi connectivity index (χ1v) is 3.81. The highest BCUT2D eigenvalue weighted by molar-refractivity contribution is 5.83. The van der Waals surface area contributed by atoms with Crippen molar-refractivity contribution in [3.63, 3.8) is 0 Å². The lowest BCUT2D eigenvalue weighted by Crippen LogP contribution is -2.33. The van der Waals surface area contributed by atoms with Crippen LogP contribution < -0.4 is 5.73 Å². The van der Waals surface area contributed by atoms with E-state index in [9.17, 15) is 18.0 Å². The standard InChI is InChI=1S/C5H9NO2.C2HF3O2/c1-8-4(7)5(6)2-3-5;3-2(4,5)1(6)7/h2-3,6H2,1H3;(H,6,7). The molecule has 5 nitrogen and oxygen atoms in total. The predicted molar refractivity (Wildman–Crippen MR) is 41.9 cm³/mol. The van der Waals surface area contributed by atoms with E-state index in [-0.39, 0.29) is 5.97 Å². The molecule has 0 heterocycles. The number of carbonyl (C=O) groups excluding carboxylic acids is 1. The van der Waals surface area contributed by atoms with Gasteiger partial charge in [-0.25, -0.2) is 4.79 Å². The van der Waals surface area contributed by atoms with Crippen LogP contribution in [0.2, 0.25) is 0 Å². The fourth-order valence-electron chi connectivity index (χ4n) is 0.542. The van der Waals surface area contributed by atoms with E-state index in [1.807, 2.05) is 0 Å². The predicted octanol–water partition coefficient (Wildman–Crippen LogP) is 0.284. The van der Waals surface area contributed by atoms with Crippen LogP contribution in [0.4, 0.5) is 13.2 Å². The summed E-state index contributed by atoms with van der Waals surface area (Å²) in [5.41, 5.74) is 4.82. The molecule has 0 atom stereocenters. The SMILES string of the molecule is COC(=O)C1(N)CC1.O=C(O)C(F)(F)F. The van der Waals surface area contributed by atoms with Crippen LogP contribution in [-0.2, 0) is 14.3 Å². The quantitative estimate of drug-likeness (QED) is 0.630. The van der Waals surface area contributed by atoms with E-state index in [0.29, 0.717) is 0 Å². The van der Waals surface area contributed by atoms with Gasteiger partial charge in [0.15, 0.2) is 0 Å². The van der Waals surface area contributed by atoms with E-state index >= 15 is 0 Å². The van der Waals surface area contributed by atoms with Crippen LogP contribution in [0.15, 0.2) is 0 Å². The fraction of sp³-hybridized carbons (Fsp3) is 0.714. The Balaban J connectivity index is 0.000000265. The fourth-order valence-corrected chi connectivity index (χ4v) is 0.542. The summed E-state index contributed by atoms with van der Waals surface area (Å²) >= 11 is 0. The van der Waals surface area contributed by atoms with E-state index in [2.05, 4.69) is 4.74 Å². The lowest BCUT2D eigenvalue weighted by atomic mass is 10.3. The van der Waals surface area contributed by atoms with Gasteiger partial charge < -0.3 is 15.6 Å². The van der Waals surface area contributed by atoms with Crippen molar-refractivity contribution in [3.8, 4) is 0 Å². The smallest absolute Gasteiger partial charge is 0.475 e. The summed E-state index contributed by atoms with van der Waals surface area (Å²) in [7, 11) is 1.36. The third-order valence-electron chi connectivity index (χ3n) is 1.62. The van der Waals surface area contributed by atoms with Crippen LogP contribution in [0.3, 0.4) is 0 Å². The van der Waals surface area contributed by atoms with Gasteiger partial charge in [0.05, 0.1) is 7.11 Å². The number of rotatable bonds is 1. The van der Waals surface area contributed by atoms with E-state index in [0.717, 1.165) is 12.8 Å². The van der Waals surface area contributed by atoms with Crippen molar-refractivity contribution in [3.05, 3.63) is 0 Å². The van der Waals surface area contributed by atoms with Crippen molar-refractivity contribution in [2.45, 2.75) is 24.6 Å². The molecule has 0 aromatic carbocycles. The molecule has 15 heavy (non-hydrogen) atoms. The Morgan fingerprint density at radius 2 is 1.73 bits per heavy atom. The van der Waals surface area contributed by atoms with Crippen LogP contribution in [-0.4, -0.2) is 35.9 Å². The number of aliphatic carboxylic acids is 1. The molecule has 0 unspecified atom stereocenters. The highest BCUT2D eigenvalue weighted by Gasteiger charge is 2.47. The Hall–Kier alpha value is -1.31. The number of ether oxygens (including phenoxy) is 1. The molecule has 0 aromatic heterocycles. The number of alkyl halides is 3. The molecule has 1 saturated carbocycles. The summed E-state index contributed by atoms with van der Waals surface area (Å²) in [6.45, 7) is 0. The second-order valence-corrected chi connectivity index (χ2v) is 2.95. The number of hydrogen-bond acceptors (Lipinski definition) is 4. The molecule has 1 fully saturated rings. The van der Waals surface area contributed by atoms with E-state index in [1.54, 1.807) is 0 Å². The Labute approximate surface area is 83.0 Å². The van der Waals surface area contributed by atoms with Crippen molar-refractivity contribution in [2.75, 3.05) is 7.11 Å². The molecule has 8 heteroatoms. The first-order valence-electron chi connectivity index (χ1n) is 3.81. The maximum absolute atomic E-state index is 10.6. The maximum atomic E-state index is 10.6. The van der Waals surface area contributed by atoms with Gasteiger partial charge in [-0.05, 0) is 12.8 Å². The number of carbonyl (C=O) groups is 2. The van der Waals surface area contributed by atoms with Crippen molar-refractivity contribution in [1.82, 2.24) is 0 Å². The monoisotopic (exact) mass is 229 g/mol. The van der Waals surface area contributed by atoms with Crippen molar-refractivity contribution < 1.29 is 32.6 Å². The lowest BCUT2D eigenvalue weighted by Gasteiger charge is -2.02. The second kappa shape index (κ2) is 4.47. The summed E-state index contributed by atoms with van der Waals surface area (Å²) in [6.07, 6.45) is -3.53. The van der Waals surface area contributed by atoms with Gasteiger partial charge >= 0.3 is 18.1 Å². The first kappa shape index (κ1) is 13.7. The molecule has 0 aliphatic heterocycles. The van der Waals surface area contributed by atoms with E-state index in [1.165, 1.54) is 7.11 Å². The first-order chi connectivity index (χ1) is 6.63. The second-order valence-electron chi connectivity index (χ2n) is 2.95. The minimum atomic E-state index is -5.08. The molecule has 0 saturated heterocycles. The van der Waals surface area contributed by atoms with Gasteiger partial charge in [0, 0.05) is 0 Å². The summed E-state index contributed by atoms with van der Waals surface area (Å²) in [5.74, 6) is -3.04. The Morgan fingerprint density at radius 3 is 1.80 bits per heavy atom. The number of carboxylic acid groups (broad SMARTS) is 1. The average molecular weight is 229 g/mol. The van der Waals surface area contributed by atoms with Gasteiger partial charge in [-0.2, -0.15) is 13.2 Å². The molecule has 0 aromatic rings. The highest BCUT2D eigenvalue weighted by atomic mass is 19.4. The summed E-state index contributed by atoms with van der Waals surface area (Å²) in [5, 5.41) is 7.12. The summed E-state index contributed by atoms with van der Waals surface area (Å²) in [6, 6.07) is 0. The van der Waals surface area contributed by atoms with Crippen molar-refractivity contribution >= 4 is 11.9 Å². The van der Waals surface area contributed by atoms with E-state index < -0.39 is 17.7 Å². The molecule has 1 aliphatic rings. The molecule has 0 bridgehead atoms. The zero-order chi connectivity index (χ0) is 12.3. The van der Waals surface area contributed by atoms with Crippen LogP contribution in [0, 0.1) is 0 Å². The zero-order valence-electron chi connectivity index (χ0n) is 7.80. The van der Waals surface area contributed by atoms with Crippen molar-refractivity contribution in [2.24, 2.45) is 5.73 Å². The molecule has 1 rings (SSSR count). The minimum Gasteiger partial charge on any atom is -0.475 e. The third-order valence-corrected chi connectivity index (χ3v) is 1.62. The van der Waals surface area contributed by atoms with Gasteiger partial charge in [0.2, 0.25) is 0 Å². The Kier molecular flexibility index (Phi) is 4.08. The third kappa shape index (κ3) is 4.63. The number of hydrogen-bond donors (Lipinski definition) is 2. The molecule has 0 amide bonds. The normalized spacial score (nSPS) is 17.1. The average Bonchev–Trinajstić information content (AvgIpc) is 2.83. The Morgan fingerprint density at radius 1 is 1.40 bits per heavy atom. The van der Waals surface area contributed by atoms with Gasteiger partial charge in [0.1, 0.15) is 5.54 Å². The topological polar surface area (TPSA) is 89.6 Å². The molecule has 88 valence electrons. The van der Waals surface area contributed by atoms with Gasteiger partial charge in [-0.15, -0.1) is 0 Å². The van der Waals surface area contributed by atoms with Crippen molar-refractivity contribution in [1.29, 1.82) is 0 Å². The summed E-state index contributed by atoms with van der Waals surface area (Å²) < 4.78 is 36.1. The molecular weight excluding hydrogens is 219 g/mol. The summed E-state index contributed by atoms with van der Waals surface area (Å²) in [4.78, 5) is 19.4. The zero-order valence-corrected chi connectivity index (χ0v) is 7.80. The highest BCUT2D eigenvalue weighted by Crippen LogP contribution is 2.32. The molecule has 1 aliphatic carbocycles. The van der Waals surface area contributed by atoms with Gasteiger partial charge in [0.25, 0.3) is 0 Å². The van der Waals surface area contributed by atoms with Crippen LogP contribution >= 0.6 is 0 Å².